The zero-order valence-electron chi connectivity index (χ0n) is 13.2. The van der Waals surface area contributed by atoms with Crippen LogP contribution in [-0.2, 0) is 15.6 Å². The molecule has 0 radical (unpaired) electrons. The Kier molecular flexibility index (Phi) is 4.15. The van der Waals surface area contributed by atoms with E-state index in [0.717, 1.165) is 19.2 Å². The minimum atomic E-state index is -4.37. The second-order valence-corrected chi connectivity index (χ2v) is 5.25. The molecule has 26 heavy (non-hydrogen) atoms. The zero-order valence-corrected chi connectivity index (χ0v) is 13.2. The molecule has 1 heterocycles. The predicted molar refractivity (Wildman–Crippen MR) is 79.9 cm³/mol. The maximum Gasteiger partial charge on any atom is 0.407 e. The molecule has 0 spiro atoms. The first-order valence-corrected chi connectivity index (χ1v) is 7.19. The fraction of sp³-hybridized carbons (Fsp3) is 0.118. The van der Waals surface area contributed by atoms with Gasteiger partial charge in [-0.2, -0.15) is 8.78 Å². The van der Waals surface area contributed by atoms with Gasteiger partial charge in [0, 0.05) is 0 Å². The van der Waals surface area contributed by atoms with Crippen LogP contribution < -0.4 is 4.74 Å². The molecule has 2 aromatic rings. The first-order valence-electron chi connectivity index (χ1n) is 7.19. The lowest BCUT2D eigenvalue weighted by molar-refractivity contribution is -0.198. The lowest BCUT2D eigenvalue weighted by Crippen LogP contribution is -2.39. The summed E-state index contributed by atoms with van der Waals surface area (Å²) in [6.07, 6.45) is 0. The third-order valence-corrected chi connectivity index (χ3v) is 3.69. The smallest absolute Gasteiger partial charge is 0.407 e. The fourth-order valence-corrected chi connectivity index (χ4v) is 2.43. The topological polar surface area (TPSA) is 72.9 Å². The molecule has 0 fully saturated rings. The highest BCUT2D eigenvalue weighted by Crippen LogP contribution is 2.37. The summed E-state index contributed by atoms with van der Waals surface area (Å²) >= 11 is 0. The van der Waals surface area contributed by atoms with E-state index in [1.165, 1.54) is 24.3 Å². The van der Waals surface area contributed by atoms with E-state index in [-0.39, 0.29) is 16.2 Å². The van der Waals surface area contributed by atoms with Crippen molar-refractivity contribution in [1.82, 2.24) is 5.06 Å². The summed E-state index contributed by atoms with van der Waals surface area (Å²) in [5, 5.41) is -0.0489. The van der Waals surface area contributed by atoms with Gasteiger partial charge in [-0.1, -0.05) is 17.2 Å². The largest absolute Gasteiger partial charge is 0.496 e. The van der Waals surface area contributed by atoms with E-state index in [4.69, 9.17) is 4.74 Å². The Morgan fingerprint density at radius 3 is 2.15 bits per heavy atom. The van der Waals surface area contributed by atoms with E-state index in [1.54, 1.807) is 0 Å². The monoisotopic (exact) mass is 365 g/mol. The Hall–Kier alpha value is -3.36. The van der Waals surface area contributed by atoms with Crippen LogP contribution >= 0.6 is 0 Å². The quantitative estimate of drug-likeness (QED) is 0.779. The van der Waals surface area contributed by atoms with Crippen molar-refractivity contribution < 1.29 is 37.1 Å². The Balaban J connectivity index is 1.90. The number of carbonyl (C=O) groups excluding carboxylic acids is 3. The third kappa shape index (κ3) is 2.67. The van der Waals surface area contributed by atoms with Crippen LogP contribution in [0.5, 0.6) is 5.75 Å². The molecule has 0 aromatic heterocycles. The summed E-state index contributed by atoms with van der Waals surface area (Å²) in [6, 6.07) is 7.68. The minimum absolute atomic E-state index is 0.0489. The Morgan fingerprint density at radius 2 is 1.62 bits per heavy atom. The van der Waals surface area contributed by atoms with Crippen molar-refractivity contribution in [3.05, 3.63) is 65.0 Å². The molecular formula is C17H10F3NO5. The van der Waals surface area contributed by atoms with Gasteiger partial charge in [-0.15, -0.1) is 0 Å². The summed E-state index contributed by atoms with van der Waals surface area (Å²) in [6.45, 7) is 0. The fourth-order valence-electron chi connectivity index (χ4n) is 2.43. The summed E-state index contributed by atoms with van der Waals surface area (Å²) in [5.41, 5.74) is -1.27. The van der Waals surface area contributed by atoms with E-state index >= 15 is 0 Å². The van der Waals surface area contributed by atoms with E-state index in [1.807, 2.05) is 0 Å². The van der Waals surface area contributed by atoms with E-state index < -0.39 is 40.8 Å². The van der Waals surface area contributed by atoms with Gasteiger partial charge in [0.2, 0.25) is 0 Å². The molecule has 6 nitrogen and oxygen atoms in total. The molecule has 0 aliphatic carbocycles. The second-order valence-electron chi connectivity index (χ2n) is 5.25. The standard InChI is InChI=1S/C17H10F3NO5/c1-25-13-7-6-9(18)8-12(13)17(19,20)16(24)26-21-14(22)10-4-2-3-5-11(10)15(21)23/h2-8H,1H3. The van der Waals surface area contributed by atoms with Crippen LogP contribution in [0, 0.1) is 5.82 Å². The molecule has 0 bridgehead atoms. The molecule has 3 rings (SSSR count). The van der Waals surface area contributed by atoms with Crippen LogP contribution in [0.2, 0.25) is 0 Å². The van der Waals surface area contributed by atoms with Gasteiger partial charge < -0.3 is 9.57 Å². The Labute approximate surface area is 144 Å². The molecule has 1 aliphatic rings. The maximum atomic E-state index is 14.4. The summed E-state index contributed by atoms with van der Waals surface area (Å²) in [7, 11) is 1.06. The highest BCUT2D eigenvalue weighted by atomic mass is 19.3. The molecule has 2 amide bonds. The number of ether oxygens (including phenoxy) is 1. The number of carbonyl (C=O) groups is 3. The van der Waals surface area contributed by atoms with Gasteiger partial charge in [0.15, 0.2) is 0 Å². The van der Waals surface area contributed by atoms with Crippen molar-refractivity contribution in [3.63, 3.8) is 0 Å². The van der Waals surface area contributed by atoms with Crippen LogP contribution in [0.4, 0.5) is 13.2 Å². The normalized spacial score (nSPS) is 13.6. The van der Waals surface area contributed by atoms with Crippen molar-refractivity contribution in [2.75, 3.05) is 7.11 Å². The average molecular weight is 365 g/mol. The van der Waals surface area contributed by atoms with Crippen LogP contribution in [0.3, 0.4) is 0 Å². The first-order chi connectivity index (χ1) is 12.3. The highest BCUT2D eigenvalue weighted by Gasteiger charge is 2.49. The van der Waals surface area contributed by atoms with Crippen LogP contribution in [0.15, 0.2) is 42.5 Å². The second kappa shape index (κ2) is 6.17. The number of halogens is 3. The molecular weight excluding hydrogens is 355 g/mol. The maximum absolute atomic E-state index is 14.4. The molecule has 0 atom stereocenters. The molecule has 2 aromatic carbocycles. The highest BCUT2D eigenvalue weighted by molar-refractivity contribution is 6.20. The Morgan fingerprint density at radius 1 is 1.04 bits per heavy atom. The van der Waals surface area contributed by atoms with E-state index in [2.05, 4.69) is 4.84 Å². The first kappa shape index (κ1) is 17.5. The number of amides is 2. The van der Waals surface area contributed by atoms with E-state index in [0.29, 0.717) is 6.07 Å². The molecule has 0 N–H and O–H groups in total. The average Bonchev–Trinajstić information content (AvgIpc) is 2.87. The van der Waals surface area contributed by atoms with Gasteiger partial charge >= 0.3 is 11.9 Å². The number of alkyl halides is 2. The number of imide groups is 1. The zero-order chi connectivity index (χ0) is 19.1. The van der Waals surface area contributed by atoms with Gasteiger partial charge in [0.1, 0.15) is 11.6 Å². The van der Waals surface area contributed by atoms with E-state index in [9.17, 15) is 27.6 Å². The molecule has 1 aliphatic heterocycles. The van der Waals surface area contributed by atoms with Gasteiger partial charge in [0.05, 0.1) is 23.8 Å². The number of hydrogen-bond acceptors (Lipinski definition) is 5. The molecule has 0 saturated heterocycles. The summed E-state index contributed by atoms with van der Waals surface area (Å²) < 4.78 is 46.9. The summed E-state index contributed by atoms with van der Waals surface area (Å²) in [4.78, 5) is 40.5. The number of hydrogen-bond donors (Lipinski definition) is 0. The van der Waals surface area contributed by atoms with Crippen LogP contribution in [0.1, 0.15) is 26.3 Å². The van der Waals surface area contributed by atoms with Crippen molar-refractivity contribution in [3.8, 4) is 5.75 Å². The van der Waals surface area contributed by atoms with Gasteiger partial charge in [-0.25, -0.2) is 9.18 Å². The third-order valence-electron chi connectivity index (χ3n) is 3.69. The summed E-state index contributed by atoms with van der Waals surface area (Å²) in [5.74, 6) is -10.2. The van der Waals surface area contributed by atoms with Gasteiger partial charge in [-0.05, 0) is 30.3 Å². The Bertz CT molecular complexity index is 893. The van der Waals surface area contributed by atoms with Crippen molar-refractivity contribution in [2.45, 2.75) is 5.92 Å². The number of fused-ring (bicyclic) bond motifs is 1. The number of hydroxylamine groups is 2. The predicted octanol–water partition coefficient (Wildman–Crippen LogP) is 2.68. The lowest BCUT2D eigenvalue weighted by atomic mass is 10.1. The van der Waals surface area contributed by atoms with Gasteiger partial charge in [-0.3, -0.25) is 9.59 Å². The SMILES string of the molecule is COc1ccc(F)cc1C(F)(F)C(=O)ON1C(=O)c2ccccc2C1=O. The van der Waals surface area contributed by atoms with Crippen LogP contribution in [0.25, 0.3) is 0 Å². The number of methoxy groups -OCH3 is 1. The number of rotatable bonds is 4. The lowest BCUT2D eigenvalue weighted by Gasteiger charge is -2.20. The van der Waals surface area contributed by atoms with Crippen molar-refractivity contribution in [1.29, 1.82) is 0 Å². The number of nitrogens with zero attached hydrogens (tertiary/aromatic N) is 1. The minimum Gasteiger partial charge on any atom is -0.496 e. The van der Waals surface area contributed by atoms with Crippen molar-refractivity contribution in [2.24, 2.45) is 0 Å². The molecule has 0 saturated carbocycles. The molecule has 0 unspecified atom stereocenters. The van der Waals surface area contributed by atoms with Crippen molar-refractivity contribution >= 4 is 17.8 Å². The molecule has 134 valence electrons. The number of benzene rings is 2. The van der Waals surface area contributed by atoms with Gasteiger partial charge in [0.25, 0.3) is 11.8 Å². The molecule has 9 heteroatoms. The van der Waals surface area contributed by atoms with Crippen LogP contribution in [-0.4, -0.2) is 30.0 Å².